The highest BCUT2D eigenvalue weighted by atomic mass is 32.2. The maximum atomic E-state index is 12.8. The summed E-state index contributed by atoms with van der Waals surface area (Å²) in [6, 6.07) is 17.3. The third kappa shape index (κ3) is 5.45. The smallest absolute Gasteiger partial charge is 0.339 e. The molecule has 0 unspecified atom stereocenters. The van der Waals surface area contributed by atoms with Gasteiger partial charge >= 0.3 is 10.1 Å². The van der Waals surface area contributed by atoms with Crippen molar-refractivity contribution < 1.29 is 25.8 Å². The van der Waals surface area contributed by atoms with Crippen LogP contribution in [0.25, 0.3) is 0 Å². The van der Waals surface area contributed by atoms with Crippen molar-refractivity contribution in [2.24, 2.45) is 5.10 Å². The second-order valence-corrected chi connectivity index (χ2v) is 10.1. The van der Waals surface area contributed by atoms with Gasteiger partial charge in [0.1, 0.15) is 4.90 Å². The topological polar surface area (TPSA) is 111 Å². The number of sulfonamides is 1. The van der Waals surface area contributed by atoms with Crippen LogP contribution in [-0.2, 0) is 20.1 Å². The minimum Gasteiger partial charge on any atom is -0.493 e. The molecule has 0 fully saturated rings. The molecule has 0 saturated heterocycles. The van der Waals surface area contributed by atoms with Crippen molar-refractivity contribution >= 4 is 26.4 Å². The first kappa shape index (κ1) is 23.3. The molecule has 3 aromatic rings. The number of ether oxygens (including phenoxy) is 1. The number of hydrazone groups is 1. The van der Waals surface area contributed by atoms with Gasteiger partial charge in [-0.1, -0.05) is 30.3 Å². The number of methoxy groups -OCH3 is 1. The van der Waals surface area contributed by atoms with Crippen molar-refractivity contribution in [2.45, 2.75) is 23.6 Å². The van der Waals surface area contributed by atoms with E-state index in [2.05, 4.69) is 9.93 Å². The molecular formula is C22H22N2O6S2. The molecular weight excluding hydrogens is 452 g/mol. The molecule has 0 aliphatic heterocycles. The van der Waals surface area contributed by atoms with Gasteiger partial charge in [0.15, 0.2) is 11.5 Å². The molecule has 0 bridgehead atoms. The number of nitrogens with zero attached hydrogens (tertiary/aromatic N) is 1. The zero-order valence-electron chi connectivity index (χ0n) is 17.6. The summed E-state index contributed by atoms with van der Waals surface area (Å²) in [5.74, 6) is 0.143. The first-order valence-electron chi connectivity index (χ1n) is 9.42. The Kier molecular flexibility index (Phi) is 6.85. The number of hydrogen-bond acceptors (Lipinski definition) is 7. The summed E-state index contributed by atoms with van der Waals surface area (Å²) in [6.45, 7) is 3.47. The Morgan fingerprint density at radius 1 is 0.875 bits per heavy atom. The molecule has 32 heavy (non-hydrogen) atoms. The maximum absolute atomic E-state index is 12.8. The first-order valence-corrected chi connectivity index (χ1v) is 12.3. The van der Waals surface area contributed by atoms with Crippen LogP contribution in [0.2, 0.25) is 0 Å². The standard InChI is InChI=1S/C22H22N2O6S2/c1-16-9-10-17(2)22(13-16)32(27,28)30-20-12-11-18(14-21(20)29-3)15-23-24-31(25,26)19-7-5-4-6-8-19/h4-15,24H,1-3H3/b23-15+. The molecule has 0 aromatic heterocycles. The van der Waals surface area contributed by atoms with Crippen LogP contribution in [0.3, 0.4) is 0 Å². The average Bonchev–Trinajstić information content (AvgIpc) is 2.76. The van der Waals surface area contributed by atoms with Crippen molar-refractivity contribution in [2.75, 3.05) is 7.11 Å². The lowest BCUT2D eigenvalue weighted by molar-refractivity contribution is 0.390. The quantitative estimate of drug-likeness (QED) is 0.304. The fourth-order valence-corrected chi connectivity index (χ4v) is 4.86. The molecule has 0 aliphatic rings. The summed E-state index contributed by atoms with van der Waals surface area (Å²) < 4.78 is 60.5. The molecule has 0 spiro atoms. The highest BCUT2D eigenvalue weighted by Gasteiger charge is 2.21. The maximum Gasteiger partial charge on any atom is 0.339 e. The number of rotatable bonds is 8. The second kappa shape index (κ2) is 9.41. The Morgan fingerprint density at radius 2 is 1.59 bits per heavy atom. The minimum atomic E-state index is -4.08. The normalized spacial score (nSPS) is 12.0. The van der Waals surface area contributed by atoms with Gasteiger partial charge in [0.2, 0.25) is 0 Å². The third-order valence-corrected chi connectivity index (χ3v) is 7.06. The van der Waals surface area contributed by atoms with E-state index < -0.39 is 20.1 Å². The molecule has 8 nitrogen and oxygen atoms in total. The van der Waals surface area contributed by atoms with E-state index in [0.717, 1.165) is 5.56 Å². The van der Waals surface area contributed by atoms with Crippen LogP contribution in [0, 0.1) is 13.8 Å². The summed E-state index contributed by atoms with van der Waals surface area (Å²) in [5.41, 5.74) is 1.81. The fraction of sp³-hybridized carbons (Fsp3) is 0.136. The predicted octanol–water partition coefficient (Wildman–Crippen LogP) is 3.39. The molecule has 168 valence electrons. The molecule has 1 N–H and O–H groups in total. The number of nitrogens with one attached hydrogen (secondary N) is 1. The van der Waals surface area contributed by atoms with E-state index in [-0.39, 0.29) is 21.3 Å². The van der Waals surface area contributed by atoms with Gasteiger partial charge < -0.3 is 8.92 Å². The lowest BCUT2D eigenvalue weighted by Crippen LogP contribution is -2.18. The number of hydrogen-bond donors (Lipinski definition) is 1. The van der Waals surface area contributed by atoms with E-state index in [4.69, 9.17) is 8.92 Å². The zero-order chi connectivity index (χ0) is 23.4. The van der Waals surface area contributed by atoms with Crippen LogP contribution in [0.5, 0.6) is 11.5 Å². The van der Waals surface area contributed by atoms with Gasteiger partial charge in [-0.2, -0.15) is 21.9 Å². The van der Waals surface area contributed by atoms with E-state index >= 15 is 0 Å². The van der Waals surface area contributed by atoms with Crippen molar-refractivity contribution in [1.29, 1.82) is 0 Å². The van der Waals surface area contributed by atoms with Gasteiger partial charge in [-0.05, 0) is 66.9 Å². The van der Waals surface area contributed by atoms with Crippen LogP contribution >= 0.6 is 0 Å². The molecule has 0 radical (unpaired) electrons. The van der Waals surface area contributed by atoms with E-state index in [1.807, 2.05) is 6.07 Å². The third-order valence-electron chi connectivity index (χ3n) is 4.44. The molecule has 0 aliphatic carbocycles. The largest absolute Gasteiger partial charge is 0.493 e. The summed E-state index contributed by atoms with van der Waals surface area (Å²) in [6.07, 6.45) is 1.27. The minimum absolute atomic E-state index is 0.00424. The highest BCUT2D eigenvalue weighted by Crippen LogP contribution is 2.31. The molecule has 3 rings (SSSR count). The van der Waals surface area contributed by atoms with Crippen molar-refractivity contribution in [3.63, 3.8) is 0 Å². The van der Waals surface area contributed by atoms with Crippen molar-refractivity contribution in [3.05, 3.63) is 83.4 Å². The van der Waals surface area contributed by atoms with E-state index in [1.165, 1.54) is 49.7 Å². The van der Waals surface area contributed by atoms with Gasteiger partial charge in [-0.25, -0.2) is 4.83 Å². The molecule has 0 saturated carbocycles. The van der Waals surface area contributed by atoms with Crippen LogP contribution in [0.15, 0.2) is 81.6 Å². The first-order chi connectivity index (χ1) is 15.1. The Balaban J connectivity index is 1.80. The Hall–Kier alpha value is -3.37. The summed E-state index contributed by atoms with van der Waals surface area (Å²) in [7, 11) is -6.52. The monoisotopic (exact) mass is 474 g/mol. The van der Waals surface area contributed by atoms with Crippen LogP contribution in [0.1, 0.15) is 16.7 Å². The molecule has 3 aromatic carbocycles. The summed E-state index contributed by atoms with van der Waals surface area (Å²) >= 11 is 0. The Bertz CT molecular complexity index is 1350. The van der Waals surface area contributed by atoms with Crippen molar-refractivity contribution in [1.82, 2.24) is 4.83 Å². The summed E-state index contributed by atoms with van der Waals surface area (Å²) in [4.78, 5) is 2.27. The lowest BCUT2D eigenvalue weighted by atomic mass is 10.2. The average molecular weight is 475 g/mol. The van der Waals surface area contributed by atoms with Crippen LogP contribution in [-0.4, -0.2) is 30.2 Å². The molecule has 10 heteroatoms. The second-order valence-electron chi connectivity index (χ2n) is 6.88. The van der Waals surface area contributed by atoms with Gasteiger partial charge in [-0.3, -0.25) is 0 Å². The summed E-state index contributed by atoms with van der Waals surface area (Å²) in [5, 5.41) is 3.76. The van der Waals surface area contributed by atoms with Gasteiger partial charge in [0.25, 0.3) is 10.0 Å². The Morgan fingerprint density at radius 3 is 2.28 bits per heavy atom. The zero-order valence-corrected chi connectivity index (χ0v) is 19.3. The van der Waals surface area contributed by atoms with E-state index in [0.29, 0.717) is 11.1 Å². The van der Waals surface area contributed by atoms with Crippen molar-refractivity contribution in [3.8, 4) is 11.5 Å². The van der Waals surface area contributed by atoms with Crippen LogP contribution in [0.4, 0.5) is 0 Å². The molecule has 0 amide bonds. The fourth-order valence-electron chi connectivity index (χ4n) is 2.80. The SMILES string of the molecule is COc1cc(/C=N/NS(=O)(=O)c2ccccc2)ccc1OS(=O)(=O)c1cc(C)ccc1C. The number of aryl methyl sites for hydroxylation is 2. The number of benzene rings is 3. The van der Waals surface area contributed by atoms with E-state index in [9.17, 15) is 16.8 Å². The molecule has 0 heterocycles. The van der Waals surface area contributed by atoms with Gasteiger partial charge in [0.05, 0.1) is 18.2 Å². The molecule has 0 atom stereocenters. The lowest BCUT2D eigenvalue weighted by Gasteiger charge is -2.13. The van der Waals surface area contributed by atoms with Crippen LogP contribution < -0.4 is 13.8 Å². The highest BCUT2D eigenvalue weighted by molar-refractivity contribution is 7.89. The van der Waals surface area contributed by atoms with E-state index in [1.54, 1.807) is 38.1 Å². The van der Waals surface area contributed by atoms with Gasteiger partial charge in [0, 0.05) is 0 Å². The Labute approximate surface area is 187 Å². The van der Waals surface area contributed by atoms with Gasteiger partial charge in [-0.15, -0.1) is 0 Å². The predicted molar refractivity (Wildman–Crippen MR) is 121 cm³/mol.